The van der Waals surface area contributed by atoms with Crippen molar-refractivity contribution in [3.05, 3.63) is 23.4 Å². The van der Waals surface area contributed by atoms with E-state index >= 15 is 0 Å². The Kier molecular flexibility index (Phi) is 3.39. The summed E-state index contributed by atoms with van der Waals surface area (Å²) in [4.78, 5) is 15.1. The number of carboxylic acid groups (broad SMARTS) is 1. The second-order valence-electron chi connectivity index (χ2n) is 4.36. The molecule has 15 heavy (non-hydrogen) atoms. The minimum absolute atomic E-state index is 0.0383. The topological polar surface area (TPSA) is 50.2 Å². The molecule has 0 saturated heterocycles. The van der Waals surface area contributed by atoms with Gasteiger partial charge in [0.15, 0.2) is 0 Å². The summed E-state index contributed by atoms with van der Waals surface area (Å²) in [6, 6.07) is 3.19. The number of hydrogen-bond acceptors (Lipinski definition) is 3. The van der Waals surface area contributed by atoms with Crippen LogP contribution in [0, 0.1) is 6.92 Å². The summed E-state index contributed by atoms with van der Waals surface area (Å²) in [5, 5.41) is 9.66. The predicted molar refractivity (Wildman–Crippen MR) is 61.5 cm³/mol. The molecule has 0 aliphatic heterocycles. The maximum atomic E-state index is 10.8. The second kappa shape index (κ2) is 4.23. The first-order valence-electron chi connectivity index (χ1n) is 4.69. The molecule has 0 atom stereocenters. The molecule has 0 fully saturated rings. The van der Waals surface area contributed by atoms with Crippen molar-refractivity contribution >= 4 is 17.7 Å². The van der Waals surface area contributed by atoms with Gasteiger partial charge in [-0.2, -0.15) is 0 Å². The van der Waals surface area contributed by atoms with E-state index in [0.717, 1.165) is 10.7 Å². The molecule has 0 radical (unpaired) electrons. The van der Waals surface area contributed by atoms with E-state index in [-0.39, 0.29) is 4.75 Å². The van der Waals surface area contributed by atoms with E-state index in [0.29, 0.717) is 5.56 Å². The minimum Gasteiger partial charge on any atom is -0.478 e. The summed E-state index contributed by atoms with van der Waals surface area (Å²) in [6.45, 7) is 8.02. The van der Waals surface area contributed by atoms with Crippen molar-refractivity contribution in [2.45, 2.75) is 37.5 Å². The van der Waals surface area contributed by atoms with Gasteiger partial charge in [-0.25, -0.2) is 9.78 Å². The Balaban J connectivity index is 3.04. The number of carbonyl (C=O) groups is 1. The van der Waals surface area contributed by atoms with Gasteiger partial charge in [-0.3, -0.25) is 0 Å². The van der Waals surface area contributed by atoms with Gasteiger partial charge in [0.2, 0.25) is 0 Å². The zero-order chi connectivity index (χ0) is 11.6. The number of carboxylic acids is 1. The summed E-state index contributed by atoms with van der Waals surface area (Å²) in [6.07, 6.45) is 0. The van der Waals surface area contributed by atoms with Crippen LogP contribution in [0.2, 0.25) is 0 Å². The molecule has 0 saturated carbocycles. The molecule has 1 rings (SSSR count). The number of hydrogen-bond donors (Lipinski definition) is 1. The highest BCUT2D eigenvalue weighted by molar-refractivity contribution is 8.00. The Morgan fingerprint density at radius 1 is 1.40 bits per heavy atom. The lowest BCUT2D eigenvalue weighted by Crippen LogP contribution is -2.08. The van der Waals surface area contributed by atoms with E-state index in [1.165, 1.54) is 0 Å². The monoisotopic (exact) mass is 225 g/mol. The normalized spacial score (nSPS) is 11.5. The molecular weight excluding hydrogens is 210 g/mol. The van der Waals surface area contributed by atoms with Crippen molar-refractivity contribution in [1.29, 1.82) is 0 Å². The zero-order valence-electron chi connectivity index (χ0n) is 9.37. The Hall–Kier alpha value is -1.03. The van der Waals surface area contributed by atoms with Crippen molar-refractivity contribution in [1.82, 2.24) is 4.98 Å². The van der Waals surface area contributed by atoms with Crippen molar-refractivity contribution in [2.75, 3.05) is 0 Å². The molecule has 0 aromatic carbocycles. The van der Waals surface area contributed by atoms with E-state index in [1.807, 2.05) is 0 Å². The molecule has 82 valence electrons. The molecular formula is C11H15NO2S. The number of aromatic nitrogens is 1. The largest absolute Gasteiger partial charge is 0.478 e. The van der Waals surface area contributed by atoms with Gasteiger partial charge in [-0.05, 0) is 19.1 Å². The fourth-order valence-corrected chi connectivity index (χ4v) is 2.13. The van der Waals surface area contributed by atoms with E-state index < -0.39 is 5.97 Å². The standard InChI is InChI=1S/C11H15NO2S/c1-7-5-8(10(13)14)6-9(12-7)15-11(2,3)4/h5-6H,1-4H3,(H,13,14). The molecule has 4 heteroatoms. The lowest BCUT2D eigenvalue weighted by atomic mass is 10.2. The summed E-state index contributed by atoms with van der Waals surface area (Å²) < 4.78 is 0.0383. The number of nitrogens with zero attached hydrogens (tertiary/aromatic N) is 1. The molecule has 0 unspecified atom stereocenters. The molecule has 3 nitrogen and oxygen atoms in total. The molecule has 1 heterocycles. The van der Waals surface area contributed by atoms with Crippen LogP contribution in [-0.2, 0) is 0 Å². The number of thioether (sulfide) groups is 1. The summed E-state index contributed by atoms with van der Waals surface area (Å²) >= 11 is 1.57. The van der Waals surface area contributed by atoms with Crippen molar-refractivity contribution in [2.24, 2.45) is 0 Å². The van der Waals surface area contributed by atoms with Crippen LogP contribution in [0.1, 0.15) is 36.8 Å². The van der Waals surface area contributed by atoms with Crippen molar-refractivity contribution in [3.63, 3.8) is 0 Å². The van der Waals surface area contributed by atoms with E-state index in [9.17, 15) is 4.79 Å². The third kappa shape index (κ3) is 3.91. The molecule has 0 aliphatic rings. The highest BCUT2D eigenvalue weighted by Crippen LogP contribution is 2.30. The van der Waals surface area contributed by atoms with Crippen molar-refractivity contribution < 1.29 is 9.90 Å². The lowest BCUT2D eigenvalue weighted by molar-refractivity contribution is 0.0696. The average Bonchev–Trinajstić information content (AvgIpc) is 1.99. The Morgan fingerprint density at radius 2 is 2.00 bits per heavy atom. The van der Waals surface area contributed by atoms with Crippen LogP contribution in [0.4, 0.5) is 0 Å². The predicted octanol–water partition coefficient (Wildman–Crippen LogP) is 2.98. The van der Waals surface area contributed by atoms with E-state index in [2.05, 4.69) is 25.8 Å². The van der Waals surface area contributed by atoms with Crippen LogP contribution >= 0.6 is 11.8 Å². The van der Waals surface area contributed by atoms with Crippen LogP contribution in [-0.4, -0.2) is 20.8 Å². The first-order chi connectivity index (χ1) is 6.78. The molecule has 1 aromatic heterocycles. The van der Waals surface area contributed by atoms with Crippen LogP contribution in [0.5, 0.6) is 0 Å². The zero-order valence-corrected chi connectivity index (χ0v) is 10.2. The van der Waals surface area contributed by atoms with Gasteiger partial charge in [0.25, 0.3) is 0 Å². The number of rotatable bonds is 2. The SMILES string of the molecule is Cc1cc(C(=O)O)cc(SC(C)(C)C)n1. The Labute approximate surface area is 93.9 Å². The number of aryl methyl sites for hydroxylation is 1. The molecule has 0 spiro atoms. The molecule has 0 aliphatic carbocycles. The van der Waals surface area contributed by atoms with Gasteiger partial charge >= 0.3 is 5.97 Å². The Bertz CT molecular complexity index is 383. The summed E-state index contributed by atoms with van der Waals surface area (Å²) in [5.74, 6) is -0.906. The third-order valence-electron chi connectivity index (χ3n) is 1.59. The van der Waals surface area contributed by atoms with Crippen LogP contribution in [0.25, 0.3) is 0 Å². The van der Waals surface area contributed by atoms with Gasteiger partial charge in [-0.15, -0.1) is 11.8 Å². The van der Waals surface area contributed by atoms with Crippen LogP contribution < -0.4 is 0 Å². The van der Waals surface area contributed by atoms with Gasteiger partial charge in [0, 0.05) is 10.4 Å². The number of aromatic carboxylic acids is 1. The first-order valence-corrected chi connectivity index (χ1v) is 5.50. The van der Waals surface area contributed by atoms with Crippen LogP contribution in [0.3, 0.4) is 0 Å². The average molecular weight is 225 g/mol. The highest BCUT2D eigenvalue weighted by Gasteiger charge is 2.15. The first kappa shape index (κ1) is 12.0. The third-order valence-corrected chi connectivity index (χ3v) is 2.62. The van der Waals surface area contributed by atoms with Gasteiger partial charge in [-0.1, -0.05) is 20.8 Å². The van der Waals surface area contributed by atoms with Gasteiger partial charge in [0.05, 0.1) is 10.6 Å². The van der Waals surface area contributed by atoms with E-state index in [4.69, 9.17) is 5.11 Å². The smallest absolute Gasteiger partial charge is 0.335 e. The van der Waals surface area contributed by atoms with Gasteiger partial charge < -0.3 is 5.11 Å². The summed E-state index contributed by atoms with van der Waals surface area (Å²) in [5.41, 5.74) is 1.04. The van der Waals surface area contributed by atoms with Gasteiger partial charge in [0.1, 0.15) is 0 Å². The maximum Gasteiger partial charge on any atom is 0.335 e. The highest BCUT2D eigenvalue weighted by atomic mass is 32.2. The minimum atomic E-state index is -0.906. The lowest BCUT2D eigenvalue weighted by Gasteiger charge is -2.17. The molecule has 0 bridgehead atoms. The fraction of sp³-hybridized carbons (Fsp3) is 0.455. The quantitative estimate of drug-likeness (QED) is 0.786. The van der Waals surface area contributed by atoms with Crippen molar-refractivity contribution in [3.8, 4) is 0 Å². The van der Waals surface area contributed by atoms with Crippen LogP contribution in [0.15, 0.2) is 17.2 Å². The number of pyridine rings is 1. The summed E-state index contributed by atoms with van der Waals surface area (Å²) in [7, 11) is 0. The fourth-order valence-electron chi connectivity index (χ4n) is 1.13. The molecule has 1 N–H and O–H groups in total. The second-order valence-corrected chi connectivity index (χ2v) is 6.20. The Morgan fingerprint density at radius 3 is 2.47 bits per heavy atom. The maximum absolute atomic E-state index is 10.8. The molecule has 0 amide bonds. The van der Waals surface area contributed by atoms with E-state index in [1.54, 1.807) is 30.8 Å². The molecule has 1 aromatic rings.